The summed E-state index contributed by atoms with van der Waals surface area (Å²) in [6.45, 7) is 4.98. The first-order valence-electron chi connectivity index (χ1n) is 9.53. The number of likely N-dealkylation sites (tertiary alicyclic amines) is 1. The number of ether oxygens (including phenoxy) is 1. The highest BCUT2D eigenvalue weighted by Gasteiger charge is 2.34. The molecular weight excluding hydrogens is 362 g/mol. The van der Waals surface area contributed by atoms with E-state index in [2.05, 4.69) is 5.32 Å². The number of hydrogen-bond donors (Lipinski definition) is 1. The van der Waals surface area contributed by atoms with Crippen LogP contribution in [0.4, 0.5) is 4.79 Å². The molecule has 1 unspecified atom stereocenters. The van der Waals surface area contributed by atoms with Crippen molar-refractivity contribution in [3.63, 3.8) is 0 Å². The molecule has 0 aliphatic carbocycles. The molecule has 2 fully saturated rings. The van der Waals surface area contributed by atoms with E-state index in [9.17, 15) is 19.2 Å². The number of amides is 4. The lowest BCUT2D eigenvalue weighted by Gasteiger charge is -2.32. The highest BCUT2D eigenvalue weighted by Crippen LogP contribution is 2.22. The first kappa shape index (κ1) is 19.9. The zero-order valence-corrected chi connectivity index (χ0v) is 16.1. The first-order chi connectivity index (χ1) is 13.4. The molecule has 2 aliphatic heterocycles. The Morgan fingerprint density at radius 1 is 1.14 bits per heavy atom. The van der Waals surface area contributed by atoms with Crippen LogP contribution in [0.25, 0.3) is 0 Å². The zero-order valence-electron chi connectivity index (χ0n) is 16.1. The van der Waals surface area contributed by atoms with E-state index in [0.717, 1.165) is 10.5 Å². The van der Waals surface area contributed by atoms with Crippen LogP contribution < -0.4 is 5.32 Å². The summed E-state index contributed by atoms with van der Waals surface area (Å²) in [6, 6.07) is 6.97. The second kappa shape index (κ2) is 8.41. The number of nitrogens with zero attached hydrogens (tertiary/aromatic N) is 2. The van der Waals surface area contributed by atoms with Gasteiger partial charge in [-0.15, -0.1) is 0 Å². The van der Waals surface area contributed by atoms with Gasteiger partial charge in [-0.1, -0.05) is 18.2 Å². The fraction of sp³-hybridized carbons (Fsp3) is 0.500. The normalized spacial score (nSPS) is 18.6. The highest BCUT2D eigenvalue weighted by molar-refractivity contribution is 5.98. The van der Waals surface area contributed by atoms with Gasteiger partial charge in [0.15, 0.2) is 6.10 Å². The fourth-order valence-electron chi connectivity index (χ4n) is 3.52. The van der Waals surface area contributed by atoms with Crippen LogP contribution in [0.15, 0.2) is 24.3 Å². The number of rotatable bonds is 4. The average Bonchev–Trinajstić information content (AvgIpc) is 3.13. The van der Waals surface area contributed by atoms with Crippen LogP contribution in [0, 0.1) is 12.8 Å². The third-order valence-electron chi connectivity index (χ3n) is 5.25. The molecule has 0 spiro atoms. The SMILES string of the molecule is Cc1ccccc1C(=O)N1CCC(C(=O)OC(C)C(=O)N2CCNC2=O)CC1. The summed E-state index contributed by atoms with van der Waals surface area (Å²) in [7, 11) is 0. The number of nitrogens with one attached hydrogen (secondary N) is 1. The monoisotopic (exact) mass is 387 g/mol. The van der Waals surface area contributed by atoms with Crippen molar-refractivity contribution in [2.45, 2.75) is 32.8 Å². The lowest BCUT2D eigenvalue weighted by molar-refractivity contribution is -0.162. The van der Waals surface area contributed by atoms with Crippen molar-refractivity contribution in [1.29, 1.82) is 0 Å². The summed E-state index contributed by atoms with van der Waals surface area (Å²) in [4.78, 5) is 51.7. The molecule has 1 aromatic carbocycles. The van der Waals surface area contributed by atoms with Crippen molar-refractivity contribution < 1.29 is 23.9 Å². The summed E-state index contributed by atoms with van der Waals surface area (Å²) in [5.41, 5.74) is 1.60. The molecule has 0 radical (unpaired) electrons. The molecule has 2 aliphatic rings. The van der Waals surface area contributed by atoms with Crippen LogP contribution in [-0.4, -0.2) is 65.9 Å². The minimum atomic E-state index is -1.01. The topological polar surface area (TPSA) is 96.0 Å². The molecule has 0 saturated carbocycles. The van der Waals surface area contributed by atoms with E-state index >= 15 is 0 Å². The summed E-state index contributed by atoms with van der Waals surface area (Å²) < 4.78 is 5.30. The number of piperidine rings is 1. The Kier molecular flexibility index (Phi) is 5.96. The van der Waals surface area contributed by atoms with Crippen LogP contribution >= 0.6 is 0 Å². The highest BCUT2D eigenvalue weighted by atomic mass is 16.5. The Balaban J connectivity index is 1.51. The van der Waals surface area contributed by atoms with E-state index < -0.39 is 24.0 Å². The number of esters is 1. The van der Waals surface area contributed by atoms with Crippen LogP contribution in [0.2, 0.25) is 0 Å². The maximum absolute atomic E-state index is 12.7. The molecule has 8 nitrogen and oxygen atoms in total. The number of carbonyl (C=O) groups is 4. The third-order valence-corrected chi connectivity index (χ3v) is 5.25. The van der Waals surface area contributed by atoms with E-state index in [0.29, 0.717) is 38.0 Å². The van der Waals surface area contributed by atoms with Gasteiger partial charge in [0.1, 0.15) is 0 Å². The first-order valence-corrected chi connectivity index (χ1v) is 9.53. The lowest BCUT2D eigenvalue weighted by atomic mass is 9.96. The van der Waals surface area contributed by atoms with Crippen LogP contribution in [0.3, 0.4) is 0 Å². The van der Waals surface area contributed by atoms with Crippen LogP contribution in [0.1, 0.15) is 35.7 Å². The van der Waals surface area contributed by atoms with Gasteiger partial charge in [-0.3, -0.25) is 19.3 Å². The van der Waals surface area contributed by atoms with E-state index in [1.54, 1.807) is 11.0 Å². The largest absolute Gasteiger partial charge is 0.452 e. The summed E-state index contributed by atoms with van der Waals surface area (Å²) >= 11 is 0. The van der Waals surface area contributed by atoms with Gasteiger partial charge < -0.3 is 15.0 Å². The average molecular weight is 387 g/mol. The standard InChI is InChI=1S/C20H25N3O5/c1-13-5-3-4-6-16(13)18(25)22-10-7-15(8-11-22)19(26)28-14(2)17(24)23-12-9-21-20(23)27/h3-6,14-15H,7-12H2,1-2H3,(H,21,27). The number of imide groups is 1. The van der Waals surface area contributed by atoms with E-state index in [-0.39, 0.29) is 18.4 Å². The molecule has 8 heteroatoms. The van der Waals surface area contributed by atoms with Crippen molar-refractivity contribution >= 4 is 23.8 Å². The van der Waals surface area contributed by atoms with Gasteiger partial charge in [-0.2, -0.15) is 0 Å². The molecule has 150 valence electrons. The van der Waals surface area contributed by atoms with Crippen LogP contribution in [0.5, 0.6) is 0 Å². The van der Waals surface area contributed by atoms with Crippen molar-refractivity contribution in [3.8, 4) is 0 Å². The van der Waals surface area contributed by atoms with Crippen molar-refractivity contribution in [1.82, 2.24) is 15.1 Å². The van der Waals surface area contributed by atoms with Crippen LogP contribution in [-0.2, 0) is 14.3 Å². The Bertz CT molecular complexity index is 786. The maximum Gasteiger partial charge on any atom is 0.324 e. The molecule has 4 amide bonds. The van der Waals surface area contributed by atoms with Gasteiger partial charge in [-0.05, 0) is 38.3 Å². The maximum atomic E-state index is 12.7. The molecule has 2 saturated heterocycles. The second-order valence-electron chi connectivity index (χ2n) is 7.18. The molecule has 0 aromatic heterocycles. The Hall–Kier alpha value is -2.90. The van der Waals surface area contributed by atoms with Gasteiger partial charge in [-0.25, -0.2) is 4.79 Å². The minimum Gasteiger partial charge on any atom is -0.452 e. The number of aryl methyl sites for hydroxylation is 1. The Labute approximate surface area is 163 Å². The molecule has 28 heavy (non-hydrogen) atoms. The van der Waals surface area contributed by atoms with Gasteiger partial charge in [0, 0.05) is 31.7 Å². The minimum absolute atomic E-state index is 0.0338. The molecule has 1 N–H and O–H groups in total. The molecule has 1 atom stereocenters. The number of hydrogen-bond acceptors (Lipinski definition) is 5. The summed E-state index contributed by atoms with van der Waals surface area (Å²) in [5, 5.41) is 2.54. The fourth-order valence-corrected chi connectivity index (χ4v) is 3.52. The third kappa shape index (κ3) is 4.16. The molecule has 2 heterocycles. The van der Waals surface area contributed by atoms with Gasteiger partial charge in [0.2, 0.25) is 0 Å². The number of urea groups is 1. The quantitative estimate of drug-likeness (QED) is 0.787. The van der Waals surface area contributed by atoms with Crippen molar-refractivity contribution in [2.75, 3.05) is 26.2 Å². The number of benzene rings is 1. The van der Waals surface area contributed by atoms with Gasteiger partial charge >= 0.3 is 12.0 Å². The Morgan fingerprint density at radius 3 is 2.43 bits per heavy atom. The second-order valence-corrected chi connectivity index (χ2v) is 7.18. The summed E-state index contributed by atoms with van der Waals surface area (Å²) in [5.74, 6) is -1.36. The Morgan fingerprint density at radius 2 is 1.82 bits per heavy atom. The molecular formula is C20H25N3O5. The molecule has 3 rings (SSSR count). The summed E-state index contributed by atoms with van der Waals surface area (Å²) in [6.07, 6.45) is -0.0358. The van der Waals surface area contributed by atoms with E-state index in [1.807, 2.05) is 25.1 Å². The van der Waals surface area contributed by atoms with Gasteiger partial charge in [0.05, 0.1) is 5.92 Å². The zero-order chi connectivity index (χ0) is 20.3. The van der Waals surface area contributed by atoms with Crippen molar-refractivity contribution in [3.05, 3.63) is 35.4 Å². The smallest absolute Gasteiger partial charge is 0.324 e. The predicted octanol–water partition coefficient (Wildman–Crippen LogP) is 1.33. The van der Waals surface area contributed by atoms with Crippen molar-refractivity contribution in [2.24, 2.45) is 5.92 Å². The molecule has 0 bridgehead atoms. The van der Waals surface area contributed by atoms with E-state index in [1.165, 1.54) is 6.92 Å². The predicted molar refractivity (Wildman–Crippen MR) is 100 cm³/mol. The number of carbonyl (C=O) groups excluding carboxylic acids is 4. The van der Waals surface area contributed by atoms with Gasteiger partial charge in [0.25, 0.3) is 11.8 Å². The van der Waals surface area contributed by atoms with E-state index in [4.69, 9.17) is 4.74 Å². The molecule has 1 aromatic rings. The lowest BCUT2D eigenvalue weighted by Crippen LogP contribution is -2.44.